The topological polar surface area (TPSA) is 0 Å². The van der Waals surface area contributed by atoms with Gasteiger partial charge in [-0.2, -0.15) is 0 Å². The van der Waals surface area contributed by atoms with E-state index in [0.717, 1.165) is 0 Å². The Morgan fingerprint density at radius 1 is 1.31 bits per heavy atom. The number of hydrogen-bond acceptors (Lipinski definition) is 1. The van der Waals surface area contributed by atoms with Crippen LogP contribution in [0, 0.1) is 13.8 Å². The lowest BCUT2D eigenvalue weighted by molar-refractivity contribution is 1.26. The van der Waals surface area contributed by atoms with Crippen LogP contribution in [-0.4, -0.2) is 0 Å². The molecule has 0 unspecified atom stereocenters. The third-order valence-corrected chi connectivity index (χ3v) is 3.24. The van der Waals surface area contributed by atoms with Gasteiger partial charge in [0.05, 0.1) is 0 Å². The number of aryl methyl sites for hydroxylation is 2. The van der Waals surface area contributed by atoms with E-state index in [0.29, 0.717) is 0 Å². The highest BCUT2D eigenvalue weighted by atomic mass is 32.2. The van der Waals surface area contributed by atoms with Gasteiger partial charge in [-0.3, -0.25) is 0 Å². The lowest BCUT2D eigenvalue weighted by Crippen LogP contribution is -1.81. The highest BCUT2D eigenvalue weighted by Gasteiger charge is 1.99. The zero-order valence-corrected chi connectivity index (χ0v) is 9.53. The van der Waals surface area contributed by atoms with Crippen LogP contribution in [0.1, 0.15) is 25.0 Å². The first-order valence-corrected chi connectivity index (χ1v) is 5.33. The summed E-state index contributed by atoms with van der Waals surface area (Å²) in [6.07, 6.45) is 2.15. The van der Waals surface area contributed by atoms with E-state index < -0.39 is 0 Å². The van der Waals surface area contributed by atoms with Gasteiger partial charge in [0.25, 0.3) is 0 Å². The average molecular weight is 192 g/mol. The van der Waals surface area contributed by atoms with Crippen LogP contribution >= 0.6 is 11.8 Å². The fourth-order valence-electron chi connectivity index (χ4n) is 1.05. The van der Waals surface area contributed by atoms with Crippen molar-refractivity contribution in [3.05, 3.63) is 40.3 Å². The maximum atomic E-state index is 2.24. The molecule has 0 saturated heterocycles. The molecule has 70 valence electrons. The Morgan fingerprint density at radius 3 is 2.62 bits per heavy atom. The maximum Gasteiger partial charge on any atom is 0.0150 e. The van der Waals surface area contributed by atoms with Crippen molar-refractivity contribution >= 4 is 11.8 Å². The van der Waals surface area contributed by atoms with Crippen molar-refractivity contribution in [2.45, 2.75) is 32.6 Å². The summed E-state index contributed by atoms with van der Waals surface area (Å²) < 4.78 is 0. The maximum absolute atomic E-state index is 2.24. The molecule has 0 atom stereocenters. The fourth-order valence-corrected chi connectivity index (χ4v) is 1.99. The zero-order chi connectivity index (χ0) is 9.84. The van der Waals surface area contributed by atoms with Gasteiger partial charge in [0, 0.05) is 4.90 Å². The van der Waals surface area contributed by atoms with Crippen LogP contribution in [0.2, 0.25) is 0 Å². The molecule has 0 radical (unpaired) electrons. The first kappa shape index (κ1) is 10.4. The van der Waals surface area contributed by atoms with Crippen molar-refractivity contribution in [1.82, 2.24) is 0 Å². The van der Waals surface area contributed by atoms with E-state index in [1.165, 1.54) is 20.9 Å². The van der Waals surface area contributed by atoms with Crippen LogP contribution in [0.15, 0.2) is 34.1 Å². The number of allylic oxidation sites excluding steroid dienone is 2. The number of rotatable bonds is 2. The molecule has 0 aromatic heterocycles. The molecule has 1 rings (SSSR count). The molecule has 0 aliphatic heterocycles. The molecule has 0 heterocycles. The standard InChI is InChI=1S/C12H16S/c1-5-11(4)13-12-8-9(2)6-7-10(12)3/h5-8H,1-4H3/b11-5+. The van der Waals surface area contributed by atoms with Crippen LogP contribution in [0.3, 0.4) is 0 Å². The molecule has 1 aromatic rings. The Bertz CT molecular complexity index is 324. The highest BCUT2D eigenvalue weighted by molar-refractivity contribution is 8.03. The van der Waals surface area contributed by atoms with Crippen molar-refractivity contribution < 1.29 is 0 Å². The van der Waals surface area contributed by atoms with E-state index in [2.05, 4.69) is 52.0 Å². The second kappa shape index (κ2) is 4.52. The van der Waals surface area contributed by atoms with E-state index in [1.807, 2.05) is 11.8 Å². The summed E-state index contributed by atoms with van der Waals surface area (Å²) in [7, 11) is 0. The van der Waals surface area contributed by atoms with Crippen molar-refractivity contribution in [2.75, 3.05) is 0 Å². The van der Waals surface area contributed by atoms with Gasteiger partial charge in [-0.05, 0) is 49.8 Å². The summed E-state index contributed by atoms with van der Waals surface area (Å²) in [5.74, 6) is 0. The van der Waals surface area contributed by atoms with E-state index in [4.69, 9.17) is 0 Å². The Morgan fingerprint density at radius 2 is 2.00 bits per heavy atom. The summed E-state index contributed by atoms with van der Waals surface area (Å²) in [6, 6.07) is 6.58. The first-order valence-electron chi connectivity index (χ1n) is 4.51. The Hall–Kier alpha value is -0.690. The molecule has 0 nitrogen and oxygen atoms in total. The van der Waals surface area contributed by atoms with Crippen LogP contribution in [0.25, 0.3) is 0 Å². The van der Waals surface area contributed by atoms with Gasteiger partial charge < -0.3 is 0 Å². The first-order chi connectivity index (χ1) is 6.13. The molecule has 1 heteroatoms. The van der Waals surface area contributed by atoms with E-state index in [9.17, 15) is 0 Å². The van der Waals surface area contributed by atoms with Crippen LogP contribution in [-0.2, 0) is 0 Å². The van der Waals surface area contributed by atoms with Crippen LogP contribution < -0.4 is 0 Å². The molecule has 0 aliphatic carbocycles. The van der Waals surface area contributed by atoms with Crippen LogP contribution in [0.5, 0.6) is 0 Å². The third-order valence-electron chi connectivity index (χ3n) is 2.02. The summed E-state index contributed by atoms with van der Waals surface area (Å²) in [4.78, 5) is 2.73. The van der Waals surface area contributed by atoms with Crippen molar-refractivity contribution in [1.29, 1.82) is 0 Å². The van der Waals surface area contributed by atoms with Crippen LogP contribution in [0.4, 0.5) is 0 Å². The van der Waals surface area contributed by atoms with E-state index in [-0.39, 0.29) is 0 Å². The summed E-state index contributed by atoms with van der Waals surface area (Å²) in [5.41, 5.74) is 2.69. The SMILES string of the molecule is C/C=C(\C)Sc1cc(C)ccc1C. The molecule has 0 amide bonds. The molecular formula is C12H16S. The Kier molecular flexibility index (Phi) is 3.61. The van der Waals surface area contributed by atoms with Gasteiger partial charge in [0.2, 0.25) is 0 Å². The summed E-state index contributed by atoms with van der Waals surface area (Å²) >= 11 is 1.85. The fraction of sp³-hybridized carbons (Fsp3) is 0.333. The number of thioether (sulfide) groups is 1. The van der Waals surface area contributed by atoms with E-state index >= 15 is 0 Å². The quantitative estimate of drug-likeness (QED) is 0.629. The normalized spacial score (nSPS) is 11.8. The minimum Gasteiger partial charge on any atom is -0.0949 e. The molecule has 0 fully saturated rings. The molecule has 1 aromatic carbocycles. The monoisotopic (exact) mass is 192 g/mol. The second-order valence-corrected chi connectivity index (χ2v) is 4.56. The van der Waals surface area contributed by atoms with Gasteiger partial charge in [-0.1, -0.05) is 30.0 Å². The molecule has 0 spiro atoms. The van der Waals surface area contributed by atoms with Gasteiger partial charge in [-0.25, -0.2) is 0 Å². The van der Waals surface area contributed by atoms with Gasteiger partial charge in [-0.15, -0.1) is 0 Å². The predicted octanol–water partition coefficient (Wildman–Crippen LogP) is 4.32. The molecule has 0 aliphatic rings. The van der Waals surface area contributed by atoms with Crippen molar-refractivity contribution in [3.8, 4) is 0 Å². The second-order valence-electron chi connectivity index (χ2n) is 3.27. The van der Waals surface area contributed by atoms with Crippen molar-refractivity contribution in [3.63, 3.8) is 0 Å². The number of benzene rings is 1. The van der Waals surface area contributed by atoms with Gasteiger partial charge >= 0.3 is 0 Å². The molecule has 0 bridgehead atoms. The van der Waals surface area contributed by atoms with E-state index in [1.54, 1.807) is 0 Å². The molecule has 0 saturated carbocycles. The minimum absolute atomic E-state index is 1.33. The minimum atomic E-state index is 1.33. The lowest BCUT2D eigenvalue weighted by Gasteiger charge is -2.06. The zero-order valence-electron chi connectivity index (χ0n) is 8.72. The molecule has 0 N–H and O–H groups in total. The highest BCUT2D eigenvalue weighted by Crippen LogP contribution is 2.29. The average Bonchev–Trinajstić information content (AvgIpc) is 2.11. The van der Waals surface area contributed by atoms with Crippen molar-refractivity contribution in [2.24, 2.45) is 0 Å². The summed E-state index contributed by atoms with van der Waals surface area (Å²) in [5, 5.41) is 0. The molecular weight excluding hydrogens is 176 g/mol. The third kappa shape index (κ3) is 2.92. The molecule has 13 heavy (non-hydrogen) atoms. The largest absolute Gasteiger partial charge is 0.0949 e. The van der Waals surface area contributed by atoms with Gasteiger partial charge in [0.1, 0.15) is 0 Å². The Balaban J connectivity index is 2.94. The smallest absolute Gasteiger partial charge is 0.0150 e. The summed E-state index contributed by atoms with van der Waals surface area (Å²) in [6.45, 7) is 8.51. The number of hydrogen-bond donors (Lipinski definition) is 0. The van der Waals surface area contributed by atoms with Gasteiger partial charge in [0.15, 0.2) is 0 Å². The lowest BCUT2D eigenvalue weighted by atomic mass is 10.2. The predicted molar refractivity (Wildman–Crippen MR) is 61.2 cm³/mol. The Labute approximate surface area is 85.1 Å².